The molecule has 1 aliphatic rings. The van der Waals surface area contributed by atoms with Gasteiger partial charge in [-0.15, -0.1) is 0 Å². The Morgan fingerprint density at radius 3 is 2.81 bits per heavy atom. The van der Waals surface area contributed by atoms with E-state index in [0.29, 0.717) is 11.3 Å². The molecule has 16 heavy (non-hydrogen) atoms. The highest BCUT2D eigenvalue weighted by atomic mass is 19.1. The van der Waals surface area contributed by atoms with Crippen LogP contribution in [0, 0.1) is 23.1 Å². The third-order valence-electron chi connectivity index (χ3n) is 3.06. The third kappa shape index (κ3) is 2.52. The Balaban J connectivity index is 2.03. The number of halogens is 1. The first-order valence-electron chi connectivity index (χ1n) is 5.61. The second kappa shape index (κ2) is 4.52. The Morgan fingerprint density at radius 2 is 2.25 bits per heavy atom. The average molecular weight is 218 g/mol. The number of hydrogen-bond acceptors (Lipinski definition) is 2. The van der Waals surface area contributed by atoms with Crippen molar-refractivity contribution in [1.29, 1.82) is 5.26 Å². The zero-order chi connectivity index (χ0) is 11.5. The van der Waals surface area contributed by atoms with Crippen LogP contribution in [0.1, 0.15) is 24.8 Å². The summed E-state index contributed by atoms with van der Waals surface area (Å²) in [5.41, 5.74) is 0.955. The molecule has 0 atom stereocenters. The van der Waals surface area contributed by atoms with Crippen LogP contribution in [0.3, 0.4) is 0 Å². The molecule has 1 aromatic carbocycles. The third-order valence-corrected chi connectivity index (χ3v) is 3.06. The van der Waals surface area contributed by atoms with Crippen LogP contribution in [0.4, 0.5) is 10.1 Å². The Morgan fingerprint density at radius 1 is 1.50 bits per heavy atom. The number of hydrogen-bond donors (Lipinski definition) is 0. The van der Waals surface area contributed by atoms with Gasteiger partial charge in [0, 0.05) is 13.6 Å². The average Bonchev–Trinajstić information content (AvgIpc) is 3.09. The maximum Gasteiger partial charge on any atom is 0.147 e. The van der Waals surface area contributed by atoms with Gasteiger partial charge in [-0.1, -0.05) is 12.8 Å². The second-order valence-electron chi connectivity index (χ2n) is 4.43. The van der Waals surface area contributed by atoms with Crippen molar-refractivity contribution in [3.63, 3.8) is 0 Å². The highest BCUT2D eigenvalue weighted by molar-refractivity contribution is 5.50. The van der Waals surface area contributed by atoms with Crippen LogP contribution in [-0.2, 0) is 0 Å². The van der Waals surface area contributed by atoms with Crippen LogP contribution in [-0.4, -0.2) is 13.6 Å². The molecule has 1 fully saturated rings. The number of nitriles is 1. The fourth-order valence-electron chi connectivity index (χ4n) is 1.79. The lowest BCUT2D eigenvalue weighted by molar-refractivity contribution is 0.616. The van der Waals surface area contributed by atoms with E-state index in [-0.39, 0.29) is 5.82 Å². The summed E-state index contributed by atoms with van der Waals surface area (Å²) >= 11 is 0. The maximum absolute atomic E-state index is 13.6. The molecule has 0 radical (unpaired) electrons. The summed E-state index contributed by atoms with van der Waals surface area (Å²) < 4.78 is 13.6. The van der Waals surface area contributed by atoms with E-state index in [1.54, 1.807) is 12.1 Å². The summed E-state index contributed by atoms with van der Waals surface area (Å²) in [5, 5.41) is 8.65. The molecule has 0 heterocycles. The summed E-state index contributed by atoms with van der Waals surface area (Å²) in [6, 6.07) is 6.57. The standard InChI is InChI=1S/C13H15FN2/c1-16(7-6-10-2-3-10)13-5-4-11(9-15)8-12(13)14/h4-5,8,10H,2-3,6-7H2,1H3. The minimum atomic E-state index is -0.308. The highest BCUT2D eigenvalue weighted by Gasteiger charge is 2.21. The lowest BCUT2D eigenvalue weighted by atomic mass is 10.2. The van der Waals surface area contributed by atoms with Crippen molar-refractivity contribution in [3.8, 4) is 6.07 Å². The maximum atomic E-state index is 13.6. The van der Waals surface area contributed by atoms with Gasteiger partial charge < -0.3 is 4.90 Å². The largest absolute Gasteiger partial charge is 0.372 e. The van der Waals surface area contributed by atoms with Crippen LogP contribution in [0.5, 0.6) is 0 Å². The Hall–Kier alpha value is -1.56. The zero-order valence-electron chi connectivity index (χ0n) is 9.41. The summed E-state index contributed by atoms with van der Waals surface area (Å²) in [7, 11) is 1.90. The SMILES string of the molecule is CN(CCC1CC1)c1ccc(C#N)cc1F. The molecule has 0 N–H and O–H groups in total. The van der Waals surface area contributed by atoms with Gasteiger partial charge in [-0.3, -0.25) is 0 Å². The van der Waals surface area contributed by atoms with Gasteiger partial charge in [-0.25, -0.2) is 4.39 Å². The molecule has 0 aliphatic heterocycles. The van der Waals surface area contributed by atoms with Gasteiger partial charge in [0.05, 0.1) is 17.3 Å². The monoisotopic (exact) mass is 218 g/mol. The van der Waals surface area contributed by atoms with Gasteiger partial charge in [0.1, 0.15) is 5.82 Å². The fourth-order valence-corrected chi connectivity index (χ4v) is 1.79. The van der Waals surface area contributed by atoms with Gasteiger partial charge in [0.15, 0.2) is 0 Å². The summed E-state index contributed by atoms with van der Waals surface area (Å²) in [5.74, 6) is 0.543. The minimum absolute atomic E-state index is 0.308. The van der Waals surface area contributed by atoms with E-state index < -0.39 is 0 Å². The van der Waals surface area contributed by atoms with Crippen LogP contribution in [0.25, 0.3) is 0 Å². The molecule has 0 unspecified atom stereocenters. The molecule has 0 saturated heterocycles. The van der Waals surface area contributed by atoms with Crippen molar-refractivity contribution in [1.82, 2.24) is 0 Å². The highest BCUT2D eigenvalue weighted by Crippen LogP contribution is 2.33. The predicted octanol–water partition coefficient (Wildman–Crippen LogP) is 2.93. The normalized spacial score (nSPS) is 14.6. The second-order valence-corrected chi connectivity index (χ2v) is 4.43. The van der Waals surface area contributed by atoms with E-state index in [0.717, 1.165) is 18.9 Å². The van der Waals surface area contributed by atoms with E-state index in [1.165, 1.54) is 18.9 Å². The van der Waals surface area contributed by atoms with Crippen LogP contribution >= 0.6 is 0 Å². The smallest absolute Gasteiger partial charge is 0.147 e. The van der Waals surface area contributed by atoms with Gasteiger partial charge in [0.25, 0.3) is 0 Å². The van der Waals surface area contributed by atoms with Crippen molar-refractivity contribution in [3.05, 3.63) is 29.6 Å². The van der Waals surface area contributed by atoms with E-state index in [2.05, 4.69) is 0 Å². The lowest BCUT2D eigenvalue weighted by Gasteiger charge is -2.19. The molecule has 2 nitrogen and oxygen atoms in total. The quantitative estimate of drug-likeness (QED) is 0.777. The Kier molecular flexibility index (Phi) is 3.09. The van der Waals surface area contributed by atoms with Crippen molar-refractivity contribution >= 4 is 5.69 Å². The molecule has 0 aromatic heterocycles. The van der Waals surface area contributed by atoms with E-state index in [4.69, 9.17) is 5.26 Å². The molecule has 0 amide bonds. The van der Waals surface area contributed by atoms with Crippen molar-refractivity contribution in [2.45, 2.75) is 19.3 Å². The van der Waals surface area contributed by atoms with Gasteiger partial charge in [-0.2, -0.15) is 5.26 Å². The summed E-state index contributed by atoms with van der Waals surface area (Å²) in [6.07, 6.45) is 3.78. The number of nitrogens with zero attached hydrogens (tertiary/aromatic N) is 2. The molecular formula is C13H15FN2. The van der Waals surface area contributed by atoms with Crippen molar-refractivity contribution < 1.29 is 4.39 Å². The van der Waals surface area contributed by atoms with Gasteiger partial charge in [0.2, 0.25) is 0 Å². The van der Waals surface area contributed by atoms with Crippen molar-refractivity contribution in [2.24, 2.45) is 5.92 Å². The summed E-state index contributed by atoms with van der Waals surface area (Å²) in [4.78, 5) is 1.93. The van der Waals surface area contributed by atoms with E-state index >= 15 is 0 Å². The molecule has 2 rings (SSSR count). The minimum Gasteiger partial charge on any atom is -0.372 e. The van der Waals surface area contributed by atoms with Gasteiger partial charge >= 0.3 is 0 Å². The lowest BCUT2D eigenvalue weighted by Crippen LogP contribution is -2.20. The molecule has 0 bridgehead atoms. The Bertz CT molecular complexity index is 418. The van der Waals surface area contributed by atoms with Crippen LogP contribution < -0.4 is 4.90 Å². The first kappa shape index (κ1) is 10.9. The molecule has 1 aliphatic carbocycles. The Labute approximate surface area is 95.3 Å². The number of rotatable bonds is 4. The van der Waals surface area contributed by atoms with Crippen molar-refractivity contribution in [2.75, 3.05) is 18.5 Å². The first-order chi connectivity index (χ1) is 7.70. The first-order valence-corrected chi connectivity index (χ1v) is 5.61. The molecule has 0 spiro atoms. The molecule has 1 aromatic rings. The van der Waals surface area contributed by atoms with E-state index in [1.807, 2.05) is 18.0 Å². The van der Waals surface area contributed by atoms with Crippen LogP contribution in [0.2, 0.25) is 0 Å². The summed E-state index contributed by atoms with van der Waals surface area (Å²) in [6.45, 7) is 0.882. The van der Waals surface area contributed by atoms with Gasteiger partial charge in [-0.05, 0) is 30.5 Å². The number of anilines is 1. The topological polar surface area (TPSA) is 27.0 Å². The fraction of sp³-hybridized carbons (Fsp3) is 0.462. The predicted molar refractivity (Wildman–Crippen MR) is 61.7 cm³/mol. The molecule has 84 valence electrons. The van der Waals surface area contributed by atoms with Crippen LogP contribution in [0.15, 0.2) is 18.2 Å². The zero-order valence-corrected chi connectivity index (χ0v) is 9.41. The van der Waals surface area contributed by atoms with E-state index in [9.17, 15) is 4.39 Å². The molecular weight excluding hydrogens is 203 g/mol. The molecule has 3 heteroatoms. The molecule has 1 saturated carbocycles. The number of benzene rings is 1.